The number of aryl methyl sites for hydroxylation is 1. The molecule has 0 radical (unpaired) electrons. The van der Waals surface area contributed by atoms with Gasteiger partial charge in [0.25, 0.3) is 5.91 Å². The van der Waals surface area contributed by atoms with Gasteiger partial charge in [-0.3, -0.25) is 14.7 Å². The summed E-state index contributed by atoms with van der Waals surface area (Å²) in [6.07, 6.45) is 3.32. The Balaban J connectivity index is 1.63. The molecule has 2 amide bonds. The van der Waals surface area contributed by atoms with Crippen LogP contribution in [-0.2, 0) is 16.0 Å². The summed E-state index contributed by atoms with van der Waals surface area (Å²) >= 11 is 0. The number of rotatable bonds is 3. The highest BCUT2D eigenvalue weighted by molar-refractivity contribution is 5.94. The van der Waals surface area contributed by atoms with Gasteiger partial charge in [-0.05, 0) is 45.3 Å². The molecule has 3 saturated heterocycles. The summed E-state index contributed by atoms with van der Waals surface area (Å²) in [5.74, 6) is 0.151. The third-order valence-corrected chi connectivity index (χ3v) is 6.68. The summed E-state index contributed by atoms with van der Waals surface area (Å²) in [5.41, 5.74) is 0.929. The van der Waals surface area contributed by atoms with Crippen LogP contribution in [0.5, 0.6) is 0 Å². The van der Waals surface area contributed by atoms with E-state index in [0.717, 1.165) is 44.5 Å². The second kappa shape index (κ2) is 7.83. The zero-order valence-electron chi connectivity index (χ0n) is 16.9. The molecule has 0 unspecified atom stereocenters. The number of hydrogen-bond donors (Lipinski definition) is 1. The number of piperidine rings is 2. The van der Waals surface area contributed by atoms with Crippen LogP contribution >= 0.6 is 0 Å². The van der Waals surface area contributed by atoms with Gasteiger partial charge < -0.3 is 19.4 Å². The number of likely N-dealkylation sites (tertiary alicyclic amines) is 2. The van der Waals surface area contributed by atoms with Crippen molar-refractivity contribution < 1.29 is 14.3 Å². The summed E-state index contributed by atoms with van der Waals surface area (Å²) < 4.78 is 5.44. The molecule has 1 aromatic heterocycles. The van der Waals surface area contributed by atoms with Gasteiger partial charge in [0.2, 0.25) is 5.91 Å². The van der Waals surface area contributed by atoms with Crippen molar-refractivity contribution in [3.8, 4) is 0 Å². The maximum Gasteiger partial charge on any atom is 0.274 e. The molecule has 4 rings (SSSR count). The Hall–Kier alpha value is -1.93. The minimum Gasteiger partial charge on any atom is -0.378 e. The quantitative estimate of drug-likeness (QED) is 0.825. The number of aromatic amines is 1. The summed E-state index contributed by atoms with van der Waals surface area (Å²) in [4.78, 5) is 33.1. The summed E-state index contributed by atoms with van der Waals surface area (Å²) in [7, 11) is 2.07. The van der Waals surface area contributed by atoms with Gasteiger partial charge in [-0.2, -0.15) is 5.10 Å². The van der Waals surface area contributed by atoms with Crippen molar-refractivity contribution in [2.45, 2.75) is 38.6 Å². The van der Waals surface area contributed by atoms with Crippen LogP contribution in [0.4, 0.5) is 0 Å². The number of nitrogens with zero attached hydrogens (tertiary/aromatic N) is 4. The molecule has 3 aliphatic heterocycles. The fourth-order valence-electron chi connectivity index (χ4n) is 5.01. The topological polar surface area (TPSA) is 81.8 Å². The number of likely N-dealkylation sites (N-methyl/N-ethyl adjacent to an activating group) is 1. The van der Waals surface area contributed by atoms with Crippen LogP contribution in [0.15, 0.2) is 6.07 Å². The first-order valence-electron chi connectivity index (χ1n) is 10.5. The zero-order valence-corrected chi connectivity index (χ0v) is 16.9. The van der Waals surface area contributed by atoms with Crippen LogP contribution in [0.3, 0.4) is 0 Å². The molecular formula is C20H31N5O3. The Bertz CT molecular complexity index is 729. The molecule has 0 spiro atoms. The third-order valence-electron chi connectivity index (χ3n) is 6.68. The molecule has 0 aromatic carbocycles. The predicted molar refractivity (Wildman–Crippen MR) is 104 cm³/mol. The standard InChI is InChI=1S/C20H31N5O3/c1-3-15-13-16(22-21-15)18(26)25-7-4-5-20(6-8-23(2)14-17(20)25)19(27)24-9-11-28-12-10-24/h13,17H,3-12,14H2,1-2H3,(H,21,22)/t17-,20+/m0/s1. The van der Waals surface area contributed by atoms with Crippen molar-refractivity contribution in [1.82, 2.24) is 24.9 Å². The first kappa shape index (κ1) is 19.4. The van der Waals surface area contributed by atoms with Gasteiger partial charge in [-0.15, -0.1) is 0 Å². The highest BCUT2D eigenvalue weighted by atomic mass is 16.5. The molecule has 8 nitrogen and oxygen atoms in total. The van der Waals surface area contributed by atoms with Crippen LogP contribution < -0.4 is 0 Å². The monoisotopic (exact) mass is 389 g/mol. The molecule has 2 atom stereocenters. The summed E-state index contributed by atoms with van der Waals surface area (Å²) in [6.45, 7) is 6.83. The number of aromatic nitrogens is 2. The van der Waals surface area contributed by atoms with Crippen molar-refractivity contribution in [1.29, 1.82) is 0 Å². The molecule has 1 aromatic rings. The number of ether oxygens (including phenoxy) is 1. The minimum atomic E-state index is -0.484. The Morgan fingerprint density at radius 1 is 1.25 bits per heavy atom. The highest BCUT2D eigenvalue weighted by Gasteiger charge is 2.55. The fourth-order valence-corrected chi connectivity index (χ4v) is 5.01. The van der Waals surface area contributed by atoms with Crippen molar-refractivity contribution in [2.24, 2.45) is 5.41 Å². The average Bonchev–Trinajstić information content (AvgIpc) is 3.22. The predicted octanol–water partition coefficient (Wildman–Crippen LogP) is 0.757. The number of carbonyl (C=O) groups is 2. The number of fused-ring (bicyclic) bond motifs is 1. The number of H-pyrrole nitrogens is 1. The van der Waals surface area contributed by atoms with E-state index in [9.17, 15) is 9.59 Å². The molecule has 1 N–H and O–H groups in total. The molecule has 28 heavy (non-hydrogen) atoms. The lowest BCUT2D eigenvalue weighted by atomic mass is 9.67. The van der Waals surface area contributed by atoms with E-state index in [1.54, 1.807) is 0 Å². The van der Waals surface area contributed by atoms with E-state index in [2.05, 4.69) is 22.1 Å². The van der Waals surface area contributed by atoms with E-state index < -0.39 is 5.41 Å². The van der Waals surface area contributed by atoms with Crippen molar-refractivity contribution in [3.63, 3.8) is 0 Å². The number of amides is 2. The second-order valence-corrected chi connectivity index (χ2v) is 8.32. The van der Waals surface area contributed by atoms with Gasteiger partial charge in [-0.25, -0.2) is 0 Å². The van der Waals surface area contributed by atoms with Crippen LogP contribution in [0, 0.1) is 5.41 Å². The molecule has 8 heteroatoms. The third kappa shape index (κ3) is 3.33. The van der Waals surface area contributed by atoms with E-state index in [-0.39, 0.29) is 17.9 Å². The Morgan fingerprint density at radius 2 is 2.04 bits per heavy atom. The number of morpholine rings is 1. The van der Waals surface area contributed by atoms with Gasteiger partial charge in [0.1, 0.15) is 5.69 Å². The van der Waals surface area contributed by atoms with Crippen LogP contribution in [-0.4, -0.2) is 95.7 Å². The van der Waals surface area contributed by atoms with Crippen LogP contribution in [0.1, 0.15) is 42.4 Å². The smallest absolute Gasteiger partial charge is 0.274 e. The Labute approximate surface area is 166 Å². The lowest BCUT2D eigenvalue weighted by Crippen LogP contribution is -2.67. The van der Waals surface area contributed by atoms with Crippen molar-refractivity contribution in [2.75, 3.05) is 53.0 Å². The van der Waals surface area contributed by atoms with Gasteiger partial charge in [0, 0.05) is 31.9 Å². The molecule has 3 aliphatic rings. The maximum atomic E-state index is 13.7. The lowest BCUT2D eigenvalue weighted by Gasteiger charge is -2.54. The minimum absolute atomic E-state index is 0.0601. The average molecular weight is 390 g/mol. The molecule has 0 aliphatic carbocycles. The molecule has 0 saturated carbocycles. The highest BCUT2D eigenvalue weighted by Crippen LogP contribution is 2.44. The SMILES string of the molecule is CCc1cc(C(=O)N2CCC[C@@]3(C(=O)N4CCOCC4)CCN(C)C[C@H]23)n[nH]1. The van der Waals surface area contributed by atoms with Gasteiger partial charge in [0.15, 0.2) is 0 Å². The second-order valence-electron chi connectivity index (χ2n) is 8.32. The van der Waals surface area contributed by atoms with E-state index in [1.165, 1.54) is 0 Å². The van der Waals surface area contributed by atoms with Crippen LogP contribution in [0.25, 0.3) is 0 Å². The largest absolute Gasteiger partial charge is 0.378 e. The van der Waals surface area contributed by atoms with E-state index in [4.69, 9.17) is 4.74 Å². The molecule has 0 bridgehead atoms. The van der Waals surface area contributed by atoms with E-state index in [0.29, 0.717) is 38.5 Å². The first-order valence-corrected chi connectivity index (χ1v) is 10.5. The molecule has 3 fully saturated rings. The maximum absolute atomic E-state index is 13.7. The Kier molecular flexibility index (Phi) is 5.42. The Morgan fingerprint density at radius 3 is 2.75 bits per heavy atom. The molecule has 154 valence electrons. The van der Waals surface area contributed by atoms with Crippen molar-refractivity contribution in [3.05, 3.63) is 17.5 Å². The first-order chi connectivity index (χ1) is 13.5. The van der Waals surface area contributed by atoms with Crippen LogP contribution in [0.2, 0.25) is 0 Å². The molecular weight excluding hydrogens is 358 g/mol. The van der Waals surface area contributed by atoms with Crippen molar-refractivity contribution >= 4 is 11.8 Å². The number of nitrogens with one attached hydrogen (secondary N) is 1. The fraction of sp³-hybridized carbons (Fsp3) is 0.750. The van der Waals surface area contributed by atoms with E-state index >= 15 is 0 Å². The van der Waals surface area contributed by atoms with Gasteiger partial charge in [0.05, 0.1) is 24.7 Å². The van der Waals surface area contributed by atoms with E-state index in [1.807, 2.05) is 22.8 Å². The lowest BCUT2D eigenvalue weighted by molar-refractivity contribution is -0.157. The number of carbonyl (C=O) groups excluding carboxylic acids is 2. The zero-order chi connectivity index (χ0) is 19.7. The normalized spacial score (nSPS) is 28.9. The van der Waals surface area contributed by atoms with Gasteiger partial charge >= 0.3 is 0 Å². The summed E-state index contributed by atoms with van der Waals surface area (Å²) in [6, 6.07) is 1.74. The van der Waals surface area contributed by atoms with Gasteiger partial charge in [-0.1, -0.05) is 6.92 Å². The summed E-state index contributed by atoms with van der Waals surface area (Å²) in [5, 5.41) is 7.18. The number of hydrogen-bond acceptors (Lipinski definition) is 5. The molecule has 4 heterocycles.